The molecular weight excluding hydrogens is 1480 g/mol. The number of anilines is 4. The molecule has 2 aromatic heterocycles. The highest BCUT2D eigenvalue weighted by Gasteiger charge is 2.39. The maximum atomic E-state index is 14.8. The summed E-state index contributed by atoms with van der Waals surface area (Å²) in [7, 11) is -0.862. The molecule has 0 saturated carbocycles. The molecule has 0 radical (unpaired) electrons. The second-order valence-corrected chi connectivity index (χ2v) is 29.0. The number of urea groups is 1. The van der Waals surface area contributed by atoms with Gasteiger partial charge in [-0.25, -0.2) is 28.2 Å². The van der Waals surface area contributed by atoms with Gasteiger partial charge in [0.15, 0.2) is 0 Å². The van der Waals surface area contributed by atoms with Crippen molar-refractivity contribution in [1.82, 2.24) is 83.5 Å². The second-order valence-electron chi connectivity index (χ2n) is 27.5. The van der Waals surface area contributed by atoms with E-state index in [0.29, 0.717) is 16.8 Å². The van der Waals surface area contributed by atoms with Crippen LogP contribution in [0.25, 0.3) is 10.9 Å². The van der Waals surface area contributed by atoms with Gasteiger partial charge in [0.2, 0.25) is 81.0 Å². The number of carbonyl (C=O) groups is 12. The first kappa shape index (κ1) is 90.0. The first-order chi connectivity index (χ1) is 53.0. The smallest absolute Gasteiger partial charge is 0.329 e. The third kappa shape index (κ3) is 25.6. The van der Waals surface area contributed by atoms with E-state index in [1.807, 2.05) is 32.2 Å². The Balaban J connectivity index is 1.24. The molecule has 1 saturated heterocycles. The van der Waals surface area contributed by atoms with Gasteiger partial charge in [-0.15, -0.1) is 0 Å². The summed E-state index contributed by atoms with van der Waals surface area (Å²) in [6, 6.07) is 2.42. The summed E-state index contributed by atoms with van der Waals surface area (Å²) in [5.41, 5.74) is 32.6. The van der Waals surface area contributed by atoms with Gasteiger partial charge in [-0.1, -0.05) is 50.2 Å². The number of hydrogen-bond donors (Lipinski definition) is 20. The van der Waals surface area contributed by atoms with Crippen LogP contribution in [-0.2, 0) is 76.2 Å². The number of carbonyl (C=O) groups excluding carboxylic acids is 12. The Hall–Kier alpha value is -10.9. The number of amides is 13. The zero-order valence-corrected chi connectivity index (χ0v) is 64.6. The number of aliphatic hydroxyl groups is 2. The minimum Gasteiger partial charge on any atom is -0.391 e. The van der Waals surface area contributed by atoms with Gasteiger partial charge in [-0.05, 0) is 159 Å². The van der Waals surface area contributed by atoms with Crippen molar-refractivity contribution in [3.05, 3.63) is 95.8 Å². The molecule has 1 aliphatic rings. The fraction of sp³-hybridized carbons (Fsp3) is 0.507. The van der Waals surface area contributed by atoms with Crippen LogP contribution in [0.2, 0.25) is 0 Å². The number of nitrogens with one attached hydrogen (secondary N) is 12. The normalized spacial score (nSPS) is 20.0. The van der Waals surface area contributed by atoms with E-state index in [9.17, 15) is 76.2 Å². The van der Waals surface area contributed by atoms with Gasteiger partial charge in [-0.2, -0.15) is 10.1 Å². The summed E-state index contributed by atoms with van der Waals surface area (Å²) >= 11 is 0. The zero-order chi connectivity index (χ0) is 82.8. The molecule has 26 N–H and O–H groups in total. The molecule has 112 heavy (non-hydrogen) atoms. The minimum absolute atomic E-state index is 0.00792. The van der Waals surface area contributed by atoms with Crippen molar-refractivity contribution < 1.29 is 76.2 Å². The van der Waals surface area contributed by atoms with E-state index in [0.717, 1.165) is 29.0 Å². The molecular formula is C71H106N24O16S. The lowest BCUT2D eigenvalue weighted by Crippen LogP contribution is -2.62. The summed E-state index contributed by atoms with van der Waals surface area (Å²) in [6.45, 7) is 6.66. The number of nitrogens with two attached hydrogens (primary N) is 6. The average molecular weight is 1580 g/mol. The zero-order valence-electron chi connectivity index (χ0n) is 63.8. The van der Waals surface area contributed by atoms with Crippen LogP contribution in [0.15, 0.2) is 83.9 Å². The first-order valence-corrected chi connectivity index (χ1v) is 38.0. The van der Waals surface area contributed by atoms with E-state index >= 15 is 0 Å². The molecule has 0 aliphatic carbocycles. The highest BCUT2D eigenvalue weighted by molar-refractivity contribution is 7.89. The van der Waals surface area contributed by atoms with E-state index in [2.05, 4.69) is 78.9 Å². The Kier molecular flexibility index (Phi) is 34.1. The number of nitrogens with zero attached hydrogens (tertiary/aromatic N) is 6. The van der Waals surface area contributed by atoms with Gasteiger partial charge >= 0.3 is 6.03 Å². The molecule has 1 aliphatic heterocycles. The Morgan fingerprint density at radius 3 is 1.77 bits per heavy atom. The lowest BCUT2D eigenvalue weighted by molar-refractivity contribution is -0.137. The Morgan fingerprint density at radius 2 is 1.20 bits per heavy atom. The number of aromatic nitrogens is 4. The summed E-state index contributed by atoms with van der Waals surface area (Å²) in [6.07, 6.45) is -4.08. The highest BCUT2D eigenvalue weighted by atomic mass is 32.2. The molecule has 41 heteroatoms. The SMILES string of the molecule is Cc1ccc(N(C(=O)NCC(=O)N[C@H](CCN)C(=O)N[C@H](C(=O)N[C@@H](CCN)C(=O)N[C@@H]2CCNC(=O)[C@@H]([C@H](C)O)NC(=O)[C@H](CCN)NC(=O)[C@H](CCN)NC(=O)[C@H](CC(C)C)NC(=O)[C@H](Cc3ccccc3)NC(=O)[C@H](CCN)NC2=O)[C@H](C)O)c2nccc(N(C)c3ccc4c(C)n(C)nc4c3)n2)cc1S(N)(=O)=O. The summed E-state index contributed by atoms with van der Waals surface area (Å²) in [5, 5.41) is 63.1. The van der Waals surface area contributed by atoms with Gasteiger partial charge in [-0.3, -0.25) is 57.4 Å². The number of fused-ring (bicyclic) bond motifs is 1. The minimum atomic E-state index is -4.38. The molecule has 40 nitrogen and oxygen atoms in total. The van der Waals surface area contributed by atoms with Crippen molar-refractivity contribution in [2.75, 3.05) is 62.7 Å². The highest BCUT2D eigenvalue weighted by Crippen LogP contribution is 2.31. The van der Waals surface area contributed by atoms with Gasteiger partial charge in [0.25, 0.3) is 0 Å². The largest absolute Gasteiger partial charge is 0.391 e. The summed E-state index contributed by atoms with van der Waals surface area (Å²) in [4.78, 5) is 183. The maximum absolute atomic E-state index is 14.8. The van der Waals surface area contributed by atoms with Crippen LogP contribution in [0, 0.1) is 19.8 Å². The van der Waals surface area contributed by atoms with E-state index in [1.165, 1.54) is 32.2 Å². The van der Waals surface area contributed by atoms with Gasteiger partial charge < -0.3 is 108 Å². The molecule has 0 spiro atoms. The average Bonchev–Trinajstić information content (AvgIpc) is 1.54. The number of benzene rings is 3. The molecule has 6 rings (SSSR count). The molecule has 5 aromatic rings. The Bertz CT molecular complexity index is 4270. The lowest BCUT2D eigenvalue weighted by Gasteiger charge is -2.29. The van der Waals surface area contributed by atoms with Crippen molar-refractivity contribution in [2.24, 2.45) is 46.8 Å². The van der Waals surface area contributed by atoms with Crippen molar-refractivity contribution in [1.29, 1.82) is 0 Å². The molecule has 12 atom stereocenters. The fourth-order valence-corrected chi connectivity index (χ4v) is 12.8. The Morgan fingerprint density at radius 1 is 0.643 bits per heavy atom. The molecule has 0 bridgehead atoms. The van der Waals surface area contributed by atoms with E-state index in [4.69, 9.17) is 33.8 Å². The number of rotatable bonds is 30. The molecule has 1 fully saturated rings. The van der Waals surface area contributed by atoms with Crippen LogP contribution in [0.1, 0.15) is 89.5 Å². The topological polar surface area (TPSA) is 630 Å². The number of aryl methyl sites for hydroxylation is 3. The quantitative estimate of drug-likeness (QED) is 0.0204. The van der Waals surface area contributed by atoms with Crippen molar-refractivity contribution in [3.63, 3.8) is 0 Å². The summed E-state index contributed by atoms with van der Waals surface area (Å²) in [5.74, 6) is -11.4. The fourth-order valence-electron chi connectivity index (χ4n) is 12.0. The van der Waals surface area contributed by atoms with Crippen LogP contribution in [0.3, 0.4) is 0 Å². The molecule has 0 unspecified atom stereocenters. The Labute approximate surface area is 647 Å². The third-order valence-corrected chi connectivity index (χ3v) is 19.3. The van der Waals surface area contributed by atoms with Gasteiger partial charge in [0, 0.05) is 50.0 Å². The van der Waals surface area contributed by atoms with Gasteiger partial charge in [0.1, 0.15) is 66.2 Å². The van der Waals surface area contributed by atoms with Crippen LogP contribution in [0.5, 0.6) is 0 Å². The number of sulfonamides is 1. The standard InChI is InChI=1S/C71H106N24O16S/c1-37(2)32-53-66(105)84-47(19-26-73)60(99)83-50(22-29-76)65(104)90-58(40(5)96)68(107)78-30-23-51(63(102)82-48(20-27-74)62(101)88-54(67(106)87-53)33-42-12-10-9-11-13-42)85-61(100)49(21-28-75)86-69(108)59(41(6)97)91-64(103)46(18-25-72)81-57(98)36-80-71(109)95(44-15-14-38(3)55(35-44)112(77,110)111)70-79-31-24-56(89-70)93(7)43-16-17-45-39(4)94(8)92-52(45)34-43/h9-17,24,31,34-35,37,40-41,46-51,53-54,58-59,96-97H,18-23,25-30,32-33,36,72-76H2,1-8H3,(H,78,107)(H,80,109)(H,81,98)(H,82,102)(H,83,99)(H,84,105)(H,85,100)(H,86,108)(H,87,106)(H,88,101)(H,90,104)(H,91,103)(H2,77,110,111)/t40-,41-,46+,47-,48-,49-,50-,51+,53-,54-,58+,59-/m0/s1. The number of primary sulfonamides is 1. The van der Waals surface area contributed by atoms with Crippen LogP contribution < -0.4 is 107 Å². The maximum Gasteiger partial charge on any atom is 0.329 e. The van der Waals surface area contributed by atoms with Crippen molar-refractivity contribution in [2.45, 2.75) is 170 Å². The van der Waals surface area contributed by atoms with E-state index in [1.54, 1.807) is 66.9 Å². The number of aliphatic hydroxyl groups excluding tert-OH is 2. The molecule has 3 heterocycles. The van der Waals surface area contributed by atoms with Crippen molar-refractivity contribution >= 4 is 115 Å². The van der Waals surface area contributed by atoms with Crippen LogP contribution in [0.4, 0.5) is 27.9 Å². The van der Waals surface area contributed by atoms with Gasteiger partial charge in [0.05, 0.1) is 34.9 Å². The predicted octanol–water partition coefficient (Wildman–Crippen LogP) is -5.59. The third-order valence-electron chi connectivity index (χ3n) is 18.2. The van der Waals surface area contributed by atoms with E-state index < -0.39 is 173 Å². The summed E-state index contributed by atoms with van der Waals surface area (Å²) < 4.78 is 27.3. The first-order valence-electron chi connectivity index (χ1n) is 36.5. The predicted molar refractivity (Wildman–Crippen MR) is 412 cm³/mol. The molecule has 3 aromatic carbocycles. The number of hydrogen-bond acceptors (Lipinski definition) is 25. The lowest BCUT2D eigenvalue weighted by atomic mass is 10.00. The van der Waals surface area contributed by atoms with Crippen molar-refractivity contribution in [3.8, 4) is 0 Å². The molecule has 13 amide bonds. The van der Waals surface area contributed by atoms with Crippen LogP contribution >= 0.6 is 0 Å². The second kappa shape index (κ2) is 42.5. The monoisotopic (exact) mass is 1580 g/mol. The molecule has 612 valence electrons. The van der Waals surface area contributed by atoms with E-state index in [-0.39, 0.29) is 111 Å². The van der Waals surface area contributed by atoms with Crippen LogP contribution in [-0.4, -0.2) is 235 Å².